The zero-order valence-electron chi connectivity index (χ0n) is 32.6. The first-order valence-corrected chi connectivity index (χ1v) is 20.7. The zero-order valence-corrected chi connectivity index (χ0v) is 32.6. The molecule has 0 radical (unpaired) electrons. The van der Waals surface area contributed by atoms with Gasteiger partial charge in [0.05, 0.1) is 16.4 Å². The molecular weight excluding hydrogens is 729 g/mol. The number of rotatable bonds is 5. The molecule has 2 aliphatic rings. The molecule has 9 aromatic carbocycles. The summed E-state index contributed by atoms with van der Waals surface area (Å²) in [6.07, 6.45) is 0. The fourth-order valence-electron chi connectivity index (χ4n) is 10.5. The number of aromatic nitrogens is 1. The van der Waals surface area contributed by atoms with Crippen LogP contribution in [-0.2, 0) is 5.41 Å². The molecule has 1 unspecified atom stereocenters. The highest BCUT2D eigenvalue weighted by atomic mass is 16.3. The molecule has 1 spiro atoms. The molecule has 0 fully saturated rings. The van der Waals surface area contributed by atoms with Crippen molar-refractivity contribution in [2.75, 3.05) is 4.90 Å². The van der Waals surface area contributed by atoms with E-state index in [-0.39, 0.29) is 0 Å². The Hall–Kier alpha value is -7.88. The summed E-state index contributed by atoms with van der Waals surface area (Å²) in [5, 5.41) is 3.68. The second-order valence-electron chi connectivity index (χ2n) is 16.0. The van der Waals surface area contributed by atoms with E-state index in [2.05, 4.69) is 228 Å². The van der Waals surface area contributed by atoms with Crippen molar-refractivity contribution in [1.29, 1.82) is 0 Å². The number of nitrogens with zero attached hydrogens (tertiary/aromatic N) is 2. The summed E-state index contributed by atoms with van der Waals surface area (Å²) in [4.78, 5) is 2.37. The van der Waals surface area contributed by atoms with Crippen LogP contribution in [0.15, 0.2) is 223 Å². The molecule has 3 nitrogen and oxygen atoms in total. The maximum absolute atomic E-state index is 6.93. The molecule has 11 aromatic rings. The monoisotopic (exact) mass is 764 g/mol. The van der Waals surface area contributed by atoms with Gasteiger partial charge >= 0.3 is 0 Å². The molecule has 2 aromatic heterocycles. The maximum Gasteiger partial charge on any atom is 0.140 e. The maximum atomic E-state index is 6.93. The lowest BCUT2D eigenvalue weighted by Crippen LogP contribution is -2.26. The number of benzene rings is 9. The lowest BCUT2D eigenvalue weighted by molar-refractivity contribution is 0.628. The number of hydrogen-bond donors (Lipinski definition) is 0. The number of fused-ring (bicyclic) bond motifs is 15. The minimum Gasteiger partial charge on any atom is -0.456 e. The Morgan fingerprint density at radius 1 is 0.383 bits per heavy atom. The normalized spacial score (nSPS) is 14.7. The lowest BCUT2D eigenvalue weighted by atomic mass is 9.69. The van der Waals surface area contributed by atoms with E-state index in [1.165, 1.54) is 66.3 Å². The van der Waals surface area contributed by atoms with Crippen LogP contribution in [0.5, 0.6) is 0 Å². The molecule has 0 saturated heterocycles. The molecule has 3 heteroatoms. The van der Waals surface area contributed by atoms with Gasteiger partial charge in [0.1, 0.15) is 11.3 Å². The number of hydrogen-bond acceptors (Lipinski definition) is 2. The number of anilines is 3. The van der Waals surface area contributed by atoms with Crippen molar-refractivity contribution >= 4 is 49.8 Å². The van der Waals surface area contributed by atoms with E-state index in [9.17, 15) is 0 Å². The van der Waals surface area contributed by atoms with Crippen LogP contribution in [0.3, 0.4) is 0 Å². The molecule has 2 aliphatic carbocycles. The van der Waals surface area contributed by atoms with Crippen molar-refractivity contribution in [2.45, 2.75) is 5.41 Å². The van der Waals surface area contributed by atoms with Crippen LogP contribution in [0, 0.1) is 0 Å². The van der Waals surface area contributed by atoms with E-state index >= 15 is 0 Å². The minimum atomic E-state index is -0.614. The molecule has 0 aliphatic heterocycles. The van der Waals surface area contributed by atoms with Crippen LogP contribution in [0.2, 0.25) is 0 Å². The average molecular weight is 765 g/mol. The van der Waals surface area contributed by atoms with Crippen molar-refractivity contribution < 1.29 is 4.42 Å². The Balaban J connectivity index is 1.04. The van der Waals surface area contributed by atoms with Crippen LogP contribution in [0.1, 0.15) is 22.3 Å². The number of furan rings is 1. The first-order chi connectivity index (χ1) is 29.8. The van der Waals surface area contributed by atoms with Crippen molar-refractivity contribution in [3.05, 3.63) is 241 Å². The summed E-state index contributed by atoms with van der Waals surface area (Å²) in [5.74, 6) is 0.954. The molecule has 0 saturated carbocycles. The molecule has 60 heavy (non-hydrogen) atoms. The van der Waals surface area contributed by atoms with Gasteiger partial charge in [-0.15, -0.1) is 0 Å². The van der Waals surface area contributed by atoms with Crippen LogP contribution in [0.4, 0.5) is 17.1 Å². The summed E-state index contributed by atoms with van der Waals surface area (Å²) in [5.41, 5.74) is 18.2. The van der Waals surface area contributed by atoms with E-state index in [4.69, 9.17) is 4.42 Å². The standard InChI is InChI=1S/C57H36N2O/c1-3-15-39(16-4-1)58(40-17-5-2-6-18-40)42-32-34-44-43-19-7-11-23-49(43)57(51(44)36-42)50-35-38(29-33-47(50)56-55(57)48-22-10-14-26-54(48)60-56)37-27-30-41(31-28-37)59-52-24-12-8-20-45(52)46-21-9-13-25-53(46)59/h1-36H. The van der Waals surface area contributed by atoms with Crippen molar-refractivity contribution in [2.24, 2.45) is 0 Å². The Bertz CT molecular complexity index is 3390. The zero-order chi connectivity index (χ0) is 39.4. The van der Waals surface area contributed by atoms with Crippen LogP contribution < -0.4 is 4.90 Å². The first-order valence-electron chi connectivity index (χ1n) is 20.7. The van der Waals surface area contributed by atoms with E-state index in [1.807, 2.05) is 0 Å². The van der Waals surface area contributed by atoms with Crippen molar-refractivity contribution in [1.82, 2.24) is 4.57 Å². The van der Waals surface area contributed by atoms with Crippen LogP contribution >= 0.6 is 0 Å². The van der Waals surface area contributed by atoms with Gasteiger partial charge < -0.3 is 13.9 Å². The van der Waals surface area contributed by atoms with E-state index in [0.29, 0.717) is 0 Å². The summed E-state index contributed by atoms with van der Waals surface area (Å²) < 4.78 is 9.31. The van der Waals surface area contributed by atoms with Crippen LogP contribution in [-0.4, -0.2) is 4.57 Å². The SMILES string of the molecule is c1ccc(N(c2ccccc2)c2ccc3c(c2)C2(c4ccccc4-3)c3cc(-c4ccc(-n5c6ccccc6c6ccccc65)cc4)ccc3-c3oc4ccccc4c32)cc1. The second-order valence-corrected chi connectivity index (χ2v) is 16.0. The molecule has 1 atom stereocenters. The van der Waals surface area contributed by atoms with Gasteiger partial charge in [0.25, 0.3) is 0 Å². The van der Waals surface area contributed by atoms with E-state index in [1.54, 1.807) is 0 Å². The lowest BCUT2D eigenvalue weighted by Gasteiger charge is -2.32. The summed E-state index contributed by atoms with van der Waals surface area (Å²) in [6, 6.07) is 79.5. The van der Waals surface area contributed by atoms with Gasteiger partial charge in [-0.3, -0.25) is 0 Å². The third-order valence-electron chi connectivity index (χ3n) is 13.0. The molecule has 280 valence electrons. The Labute approximate surface area is 347 Å². The van der Waals surface area contributed by atoms with Gasteiger partial charge in [0, 0.05) is 50.0 Å². The minimum absolute atomic E-state index is 0.614. The fourth-order valence-corrected chi connectivity index (χ4v) is 10.5. The Morgan fingerprint density at radius 2 is 0.933 bits per heavy atom. The van der Waals surface area contributed by atoms with Crippen molar-refractivity contribution in [3.8, 4) is 39.3 Å². The molecular formula is C57H36N2O. The number of para-hydroxylation sites is 5. The predicted molar refractivity (Wildman–Crippen MR) is 247 cm³/mol. The fraction of sp³-hybridized carbons (Fsp3) is 0.0175. The quantitative estimate of drug-likeness (QED) is 0.174. The molecule has 0 N–H and O–H groups in total. The van der Waals surface area contributed by atoms with Gasteiger partial charge in [-0.2, -0.15) is 0 Å². The third kappa shape index (κ3) is 4.49. The van der Waals surface area contributed by atoms with E-state index < -0.39 is 5.41 Å². The molecule has 0 bridgehead atoms. The summed E-state index contributed by atoms with van der Waals surface area (Å²) in [6.45, 7) is 0. The molecule has 13 rings (SSSR count). The largest absolute Gasteiger partial charge is 0.456 e. The third-order valence-corrected chi connectivity index (χ3v) is 13.0. The topological polar surface area (TPSA) is 21.3 Å². The van der Waals surface area contributed by atoms with Gasteiger partial charge in [0.2, 0.25) is 0 Å². The van der Waals surface area contributed by atoms with Crippen molar-refractivity contribution in [3.63, 3.8) is 0 Å². The Morgan fingerprint density at radius 3 is 1.65 bits per heavy atom. The second kappa shape index (κ2) is 12.6. The smallest absolute Gasteiger partial charge is 0.140 e. The van der Waals surface area contributed by atoms with Gasteiger partial charge in [-0.05, 0) is 112 Å². The summed E-state index contributed by atoms with van der Waals surface area (Å²) >= 11 is 0. The molecule has 0 amide bonds. The first kappa shape index (κ1) is 33.1. The van der Waals surface area contributed by atoms with Crippen LogP contribution in [0.25, 0.3) is 72.0 Å². The van der Waals surface area contributed by atoms with E-state index in [0.717, 1.165) is 45.0 Å². The highest BCUT2D eigenvalue weighted by molar-refractivity contribution is 6.09. The van der Waals surface area contributed by atoms with Gasteiger partial charge in [0.15, 0.2) is 0 Å². The molecule has 2 heterocycles. The highest BCUT2D eigenvalue weighted by Crippen LogP contribution is 2.65. The van der Waals surface area contributed by atoms with Gasteiger partial charge in [-0.25, -0.2) is 0 Å². The summed E-state index contributed by atoms with van der Waals surface area (Å²) in [7, 11) is 0. The highest BCUT2D eigenvalue weighted by Gasteiger charge is 2.54. The Kier molecular flexibility index (Phi) is 6.93. The average Bonchev–Trinajstić information content (AvgIpc) is 4.03. The predicted octanol–water partition coefficient (Wildman–Crippen LogP) is 15.0. The van der Waals surface area contributed by atoms with Gasteiger partial charge in [-0.1, -0.05) is 146 Å².